The molecule has 21 heavy (non-hydrogen) atoms. The van der Waals surface area contributed by atoms with E-state index in [1.165, 1.54) is 19.5 Å². The predicted molar refractivity (Wildman–Crippen MR) is 90.5 cm³/mol. The first kappa shape index (κ1) is 16.5. The van der Waals surface area contributed by atoms with Crippen LogP contribution < -0.4 is 5.32 Å². The van der Waals surface area contributed by atoms with E-state index >= 15 is 0 Å². The molecule has 0 saturated carbocycles. The minimum Gasteiger partial charge on any atom is -0.352 e. The number of rotatable bonds is 5. The van der Waals surface area contributed by atoms with Crippen molar-refractivity contribution < 1.29 is 4.79 Å². The second kappa shape index (κ2) is 7.95. The largest absolute Gasteiger partial charge is 0.352 e. The first-order valence-corrected chi connectivity index (χ1v) is 8.60. The van der Waals surface area contributed by atoms with Crippen LogP contribution in [0.1, 0.15) is 37.0 Å². The van der Waals surface area contributed by atoms with Crippen molar-refractivity contribution in [1.82, 2.24) is 10.2 Å². The summed E-state index contributed by atoms with van der Waals surface area (Å²) in [7, 11) is 0. The number of hydrogen-bond donors (Lipinski definition) is 1. The van der Waals surface area contributed by atoms with Crippen LogP contribution in [-0.2, 0) is 0 Å². The molecular formula is C17H25BrN2O. The molecule has 1 aromatic rings. The van der Waals surface area contributed by atoms with E-state index < -0.39 is 0 Å². The molecule has 1 amide bonds. The number of carbonyl (C=O) groups is 1. The minimum absolute atomic E-state index is 0.0166. The molecule has 1 aliphatic rings. The molecule has 1 fully saturated rings. The van der Waals surface area contributed by atoms with Gasteiger partial charge in [-0.25, -0.2) is 0 Å². The first-order chi connectivity index (χ1) is 10.0. The maximum Gasteiger partial charge on any atom is 0.251 e. The number of halogens is 1. The first-order valence-electron chi connectivity index (χ1n) is 7.80. The zero-order valence-electron chi connectivity index (χ0n) is 12.9. The third-order valence-corrected chi connectivity index (χ3v) is 4.52. The number of benzene rings is 1. The topological polar surface area (TPSA) is 32.3 Å². The summed E-state index contributed by atoms with van der Waals surface area (Å²) in [6.07, 6.45) is 2.36. The van der Waals surface area contributed by atoms with Crippen LogP contribution in [0.2, 0.25) is 0 Å². The molecule has 0 spiro atoms. The molecule has 0 aromatic heterocycles. The smallest absolute Gasteiger partial charge is 0.251 e. The Hall–Kier alpha value is -0.870. The van der Waals surface area contributed by atoms with Gasteiger partial charge in [-0.15, -0.1) is 0 Å². The van der Waals surface area contributed by atoms with Gasteiger partial charge in [0, 0.05) is 29.7 Å². The lowest BCUT2D eigenvalue weighted by molar-refractivity contribution is 0.0947. The fraction of sp³-hybridized carbons (Fsp3) is 0.588. The van der Waals surface area contributed by atoms with Crippen LogP contribution in [0.15, 0.2) is 28.7 Å². The highest BCUT2D eigenvalue weighted by molar-refractivity contribution is 9.10. The van der Waals surface area contributed by atoms with Gasteiger partial charge in [0.2, 0.25) is 0 Å². The van der Waals surface area contributed by atoms with E-state index in [-0.39, 0.29) is 5.91 Å². The van der Waals surface area contributed by atoms with Crippen molar-refractivity contribution in [3.63, 3.8) is 0 Å². The third kappa shape index (κ3) is 5.44. The zero-order chi connectivity index (χ0) is 15.2. The summed E-state index contributed by atoms with van der Waals surface area (Å²) in [5, 5.41) is 3.00. The quantitative estimate of drug-likeness (QED) is 0.821. The van der Waals surface area contributed by atoms with Crippen LogP contribution in [0.25, 0.3) is 0 Å². The summed E-state index contributed by atoms with van der Waals surface area (Å²) in [5.41, 5.74) is 0.721. The standard InChI is InChI=1S/C17H25BrN2O/c1-13-10-14(2)12-20(11-13)9-3-8-19-17(21)15-4-6-16(18)7-5-15/h4-7,13-14H,3,8-12H2,1-2H3,(H,19,21)/t13-,14-/m0/s1. The Morgan fingerprint density at radius 3 is 2.48 bits per heavy atom. The summed E-state index contributed by atoms with van der Waals surface area (Å²) in [4.78, 5) is 14.5. The third-order valence-electron chi connectivity index (χ3n) is 3.99. The molecule has 2 atom stereocenters. The molecule has 3 nitrogen and oxygen atoms in total. The van der Waals surface area contributed by atoms with Gasteiger partial charge in [-0.05, 0) is 55.5 Å². The molecule has 116 valence electrons. The SMILES string of the molecule is C[C@H]1C[C@H](C)CN(CCCNC(=O)c2ccc(Br)cc2)C1. The maximum absolute atomic E-state index is 12.0. The normalized spacial score (nSPS) is 23.0. The molecule has 4 heteroatoms. The molecule has 0 radical (unpaired) electrons. The van der Waals surface area contributed by atoms with Crippen LogP contribution in [-0.4, -0.2) is 37.0 Å². The van der Waals surface area contributed by atoms with E-state index in [1.54, 1.807) is 0 Å². The zero-order valence-corrected chi connectivity index (χ0v) is 14.5. The van der Waals surface area contributed by atoms with Crippen LogP contribution in [0.4, 0.5) is 0 Å². The molecular weight excluding hydrogens is 328 g/mol. The number of nitrogens with zero attached hydrogens (tertiary/aromatic N) is 1. The summed E-state index contributed by atoms with van der Waals surface area (Å²) >= 11 is 3.37. The van der Waals surface area contributed by atoms with Crippen LogP contribution in [0.5, 0.6) is 0 Å². The molecule has 1 aliphatic heterocycles. The van der Waals surface area contributed by atoms with Gasteiger partial charge in [0.15, 0.2) is 0 Å². The average molecular weight is 353 g/mol. The number of piperidine rings is 1. The molecule has 0 bridgehead atoms. The van der Waals surface area contributed by atoms with E-state index in [4.69, 9.17) is 0 Å². The minimum atomic E-state index is 0.0166. The summed E-state index contributed by atoms with van der Waals surface area (Å²) < 4.78 is 0.993. The van der Waals surface area contributed by atoms with Crippen LogP contribution in [0.3, 0.4) is 0 Å². The Kier molecular flexibility index (Phi) is 6.24. The maximum atomic E-state index is 12.0. The highest BCUT2D eigenvalue weighted by Gasteiger charge is 2.21. The van der Waals surface area contributed by atoms with Crippen molar-refractivity contribution in [3.05, 3.63) is 34.3 Å². The highest BCUT2D eigenvalue weighted by Crippen LogP contribution is 2.20. The Labute approximate surface area is 136 Å². The summed E-state index contributed by atoms with van der Waals surface area (Å²) in [6.45, 7) is 8.88. The van der Waals surface area contributed by atoms with E-state index in [0.29, 0.717) is 0 Å². The van der Waals surface area contributed by atoms with Crippen molar-refractivity contribution in [1.29, 1.82) is 0 Å². The van der Waals surface area contributed by atoms with E-state index in [9.17, 15) is 4.79 Å². The van der Waals surface area contributed by atoms with Crippen molar-refractivity contribution in [3.8, 4) is 0 Å². The van der Waals surface area contributed by atoms with Crippen molar-refractivity contribution in [2.75, 3.05) is 26.2 Å². The van der Waals surface area contributed by atoms with Gasteiger partial charge in [0.1, 0.15) is 0 Å². The Morgan fingerprint density at radius 1 is 1.24 bits per heavy atom. The second-order valence-electron chi connectivity index (χ2n) is 6.32. The molecule has 1 saturated heterocycles. The number of hydrogen-bond acceptors (Lipinski definition) is 2. The number of nitrogens with one attached hydrogen (secondary N) is 1. The van der Waals surface area contributed by atoms with Gasteiger partial charge in [-0.2, -0.15) is 0 Å². The predicted octanol–water partition coefficient (Wildman–Crippen LogP) is 3.55. The van der Waals surface area contributed by atoms with E-state index in [1.807, 2.05) is 24.3 Å². The van der Waals surface area contributed by atoms with Crippen molar-refractivity contribution in [2.24, 2.45) is 11.8 Å². The molecule has 0 aliphatic carbocycles. The Balaban J connectivity index is 1.67. The lowest BCUT2D eigenvalue weighted by atomic mass is 9.92. The Morgan fingerprint density at radius 2 is 1.86 bits per heavy atom. The van der Waals surface area contributed by atoms with Crippen LogP contribution in [0, 0.1) is 11.8 Å². The van der Waals surface area contributed by atoms with E-state index in [2.05, 4.69) is 40.0 Å². The molecule has 1 heterocycles. The van der Waals surface area contributed by atoms with Gasteiger partial charge in [0.25, 0.3) is 5.91 Å². The van der Waals surface area contributed by atoms with Gasteiger partial charge < -0.3 is 10.2 Å². The van der Waals surface area contributed by atoms with Crippen molar-refractivity contribution in [2.45, 2.75) is 26.7 Å². The van der Waals surface area contributed by atoms with E-state index in [0.717, 1.165) is 41.4 Å². The fourth-order valence-corrected chi connectivity index (χ4v) is 3.45. The lowest BCUT2D eigenvalue weighted by Crippen LogP contribution is -2.40. The monoisotopic (exact) mass is 352 g/mol. The van der Waals surface area contributed by atoms with Gasteiger partial charge in [0.05, 0.1) is 0 Å². The number of likely N-dealkylation sites (tertiary alicyclic amines) is 1. The van der Waals surface area contributed by atoms with Crippen molar-refractivity contribution >= 4 is 21.8 Å². The fourth-order valence-electron chi connectivity index (χ4n) is 3.18. The van der Waals surface area contributed by atoms with Gasteiger partial charge in [-0.1, -0.05) is 29.8 Å². The lowest BCUT2D eigenvalue weighted by Gasteiger charge is -2.34. The summed E-state index contributed by atoms with van der Waals surface area (Å²) in [6, 6.07) is 7.47. The summed E-state index contributed by atoms with van der Waals surface area (Å²) in [5.74, 6) is 1.61. The molecule has 0 unspecified atom stereocenters. The van der Waals surface area contributed by atoms with Crippen LogP contribution >= 0.6 is 15.9 Å². The Bertz CT molecular complexity index is 450. The number of carbonyl (C=O) groups excluding carboxylic acids is 1. The average Bonchev–Trinajstić information content (AvgIpc) is 2.43. The molecule has 1 aromatic carbocycles. The second-order valence-corrected chi connectivity index (χ2v) is 7.24. The van der Waals surface area contributed by atoms with Gasteiger partial charge >= 0.3 is 0 Å². The molecule has 1 N–H and O–H groups in total. The molecule has 2 rings (SSSR count). The number of amides is 1. The van der Waals surface area contributed by atoms with Gasteiger partial charge in [-0.3, -0.25) is 4.79 Å². The highest BCUT2D eigenvalue weighted by atomic mass is 79.9.